The van der Waals surface area contributed by atoms with Crippen LogP contribution in [0, 0.1) is 0 Å². The van der Waals surface area contributed by atoms with Gasteiger partial charge in [0.25, 0.3) is 0 Å². The summed E-state index contributed by atoms with van der Waals surface area (Å²) in [7, 11) is -0.588. The van der Waals surface area contributed by atoms with Gasteiger partial charge in [-0.3, -0.25) is 0 Å². The van der Waals surface area contributed by atoms with Gasteiger partial charge < -0.3 is 18.8 Å². The SMILES string of the molecule is CC1(C)OB(c2ccc(-c3ncncn3)c3c2Oc2ccccc2O3)OC1(C)C. The first kappa shape index (κ1) is 18.1. The molecule has 8 heteroatoms. The van der Waals surface area contributed by atoms with Gasteiger partial charge in [-0.1, -0.05) is 18.2 Å². The van der Waals surface area contributed by atoms with Crippen molar-refractivity contribution < 1.29 is 18.8 Å². The van der Waals surface area contributed by atoms with E-state index in [9.17, 15) is 0 Å². The Morgan fingerprint density at radius 2 is 1.34 bits per heavy atom. The summed E-state index contributed by atoms with van der Waals surface area (Å²) in [5.74, 6) is 2.83. The van der Waals surface area contributed by atoms with Crippen LogP contribution in [0.4, 0.5) is 0 Å². The Hall–Kier alpha value is -2.97. The summed E-state index contributed by atoms with van der Waals surface area (Å²) in [5, 5.41) is 0. The van der Waals surface area contributed by atoms with Gasteiger partial charge in [0, 0.05) is 5.46 Å². The summed E-state index contributed by atoms with van der Waals surface area (Å²) >= 11 is 0. The van der Waals surface area contributed by atoms with Gasteiger partial charge >= 0.3 is 7.12 Å². The molecule has 0 spiro atoms. The number of benzene rings is 2. The van der Waals surface area contributed by atoms with Crippen LogP contribution in [0.1, 0.15) is 27.7 Å². The van der Waals surface area contributed by atoms with Crippen LogP contribution in [-0.4, -0.2) is 33.3 Å². The number of rotatable bonds is 2. The minimum atomic E-state index is -0.588. The molecule has 0 N–H and O–H groups in total. The highest BCUT2D eigenvalue weighted by Gasteiger charge is 2.53. The molecule has 0 amide bonds. The zero-order chi connectivity index (χ0) is 20.2. The van der Waals surface area contributed by atoms with Crippen LogP contribution in [0.5, 0.6) is 23.0 Å². The smallest absolute Gasteiger partial charge is 0.450 e. The first-order valence-corrected chi connectivity index (χ1v) is 9.45. The predicted octanol–water partition coefficient (Wildman–Crippen LogP) is 3.74. The third kappa shape index (κ3) is 2.87. The number of para-hydroxylation sites is 2. The summed E-state index contributed by atoms with van der Waals surface area (Å²) in [6.07, 6.45) is 2.91. The van der Waals surface area contributed by atoms with Crippen LogP contribution in [0.2, 0.25) is 0 Å². The molecule has 2 aliphatic rings. The van der Waals surface area contributed by atoms with E-state index < -0.39 is 18.3 Å². The van der Waals surface area contributed by atoms with Crippen molar-refractivity contribution in [1.82, 2.24) is 15.0 Å². The molecule has 0 radical (unpaired) electrons. The maximum atomic E-state index is 6.26. The zero-order valence-corrected chi connectivity index (χ0v) is 16.7. The molecule has 0 saturated carbocycles. The van der Waals surface area contributed by atoms with Crippen molar-refractivity contribution in [2.75, 3.05) is 0 Å². The second kappa shape index (κ2) is 6.27. The maximum Gasteiger partial charge on any atom is 0.498 e. The lowest BCUT2D eigenvalue weighted by Crippen LogP contribution is -2.41. The van der Waals surface area contributed by atoms with E-state index >= 15 is 0 Å². The van der Waals surface area contributed by atoms with E-state index in [1.54, 1.807) is 0 Å². The first-order valence-electron chi connectivity index (χ1n) is 9.45. The summed E-state index contributed by atoms with van der Waals surface area (Å²) in [5.41, 5.74) is 0.526. The van der Waals surface area contributed by atoms with Gasteiger partial charge in [-0.05, 0) is 45.9 Å². The van der Waals surface area contributed by atoms with Crippen molar-refractivity contribution in [3.05, 3.63) is 49.1 Å². The molecule has 0 atom stereocenters. The molecule has 2 aliphatic heterocycles. The van der Waals surface area contributed by atoms with Gasteiger partial charge in [-0.2, -0.15) is 0 Å². The largest absolute Gasteiger partial charge is 0.498 e. The van der Waals surface area contributed by atoms with Crippen molar-refractivity contribution in [3.8, 4) is 34.4 Å². The molecule has 29 heavy (non-hydrogen) atoms. The summed E-state index contributed by atoms with van der Waals surface area (Å²) < 4.78 is 25.0. The first-order chi connectivity index (χ1) is 13.9. The van der Waals surface area contributed by atoms with Crippen molar-refractivity contribution in [1.29, 1.82) is 0 Å². The average molecular weight is 389 g/mol. The van der Waals surface area contributed by atoms with Gasteiger partial charge in [-0.25, -0.2) is 15.0 Å². The molecule has 1 fully saturated rings. The van der Waals surface area contributed by atoms with Crippen LogP contribution < -0.4 is 14.9 Å². The summed E-state index contributed by atoms with van der Waals surface area (Å²) in [4.78, 5) is 12.4. The molecule has 146 valence electrons. The fraction of sp³-hybridized carbons (Fsp3) is 0.286. The van der Waals surface area contributed by atoms with Gasteiger partial charge in [-0.15, -0.1) is 0 Å². The second-order valence-electron chi connectivity index (χ2n) is 8.06. The number of nitrogens with zero attached hydrogens (tertiary/aromatic N) is 3. The molecule has 0 bridgehead atoms. The van der Waals surface area contributed by atoms with E-state index in [-0.39, 0.29) is 0 Å². The maximum absolute atomic E-state index is 6.26. The number of ether oxygens (including phenoxy) is 2. The van der Waals surface area contributed by atoms with E-state index in [0.29, 0.717) is 34.4 Å². The summed E-state index contributed by atoms with van der Waals surface area (Å²) in [6.45, 7) is 8.08. The molecule has 0 aliphatic carbocycles. The highest BCUT2D eigenvalue weighted by molar-refractivity contribution is 6.63. The molecule has 2 aromatic carbocycles. The highest BCUT2D eigenvalue weighted by atomic mass is 16.7. The Morgan fingerprint density at radius 1 is 0.759 bits per heavy atom. The van der Waals surface area contributed by atoms with Crippen molar-refractivity contribution >= 4 is 12.6 Å². The number of aromatic nitrogens is 3. The van der Waals surface area contributed by atoms with E-state index in [1.807, 2.05) is 64.1 Å². The lowest BCUT2D eigenvalue weighted by atomic mass is 9.77. The number of fused-ring (bicyclic) bond motifs is 2. The van der Waals surface area contributed by atoms with E-state index in [0.717, 1.165) is 5.46 Å². The highest BCUT2D eigenvalue weighted by Crippen LogP contribution is 2.49. The monoisotopic (exact) mass is 389 g/mol. The molecule has 7 nitrogen and oxygen atoms in total. The predicted molar refractivity (Wildman–Crippen MR) is 108 cm³/mol. The van der Waals surface area contributed by atoms with Crippen LogP contribution in [0.3, 0.4) is 0 Å². The Balaban J connectivity index is 1.66. The average Bonchev–Trinajstić information content (AvgIpc) is 2.93. The van der Waals surface area contributed by atoms with Gasteiger partial charge in [0.1, 0.15) is 12.7 Å². The van der Waals surface area contributed by atoms with Crippen molar-refractivity contribution in [3.63, 3.8) is 0 Å². The Kier molecular flexibility index (Phi) is 3.91. The van der Waals surface area contributed by atoms with Crippen LogP contribution >= 0.6 is 0 Å². The van der Waals surface area contributed by atoms with Crippen LogP contribution in [0.25, 0.3) is 11.4 Å². The van der Waals surface area contributed by atoms with Gasteiger partial charge in [0.15, 0.2) is 28.8 Å². The lowest BCUT2D eigenvalue weighted by Gasteiger charge is -2.32. The van der Waals surface area contributed by atoms with Gasteiger partial charge in [0.05, 0.1) is 16.8 Å². The topological polar surface area (TPSA) is 75.6 Å². The normalized spacial score (nSPS) is 18.4. The van der Waals surface area contributed by atoms with Crippen molar-refractivity contribution in [2.45, 2.75) is 38.9 Å². The Labute approximate surface area is 169 Å². The number of hydrogen-bond acceptors (Lipinski definition) is 7. The standard InChI is InChI=1S/C21H20BN3O4/c1-20(2)21(3,4)29-22(28-20)14-10-9-13(19-24-11-23-12-25-19)17-18(14)27-16-8-6-5-7-15(16)26-17/h5-12H,1-4H3. The number of hydrogen-bond donors (Lipinski definition) is 0. The fourth-order valence-electron chi connectivity index (χ4n) is 3.33. The third-order valence-electron chi connectivity index (χ3n) is 5.66. The van der Waals surface area contributed by atoms with Crippen LogP contribution in [0.15, 0.2) is 49.1 Å². The molecule has 1 saturated heterocycles. The fourth-order valence-corrected chi connectivity index (χ4v) is 3.33. The van der Waals surface area contributed by atoms with E-state index in [4.69, 9.17) is 18.8 Å². The van der Waals surface area contributed by atoms with Crippen molar-refractivity contribution in [2.24, 2.45) is 0 Å². The molecule has 3 aromatic rings. The molecule has 3 heterocycles. The Morgan fingerprint density at radius 3 is 1.97 bits per heavy atom. The molecule has 5 rings (SSSR count). The lowest BCUT2D eigenvalue weighted by molar-refractivity contribution is 0.00578. The second-order valence-corrected chi connectivity index (χ2v) is 8.06. The van der Waals surface area contributed by atoms with Crippen LogP contribution in [-0.2, 0) is 9.31 Å². The van der Waals surface area contributed by atoms with E-state index in [1.165, 1.54) is 12.7 Å². The Bertz CT molecular complexity index is 1070. The molecular weight excluding hydrogens is 369 g/mol. The molecule has 0 unspecified atom stereocenters. The molecule has 1 aromatic heterocycles. The minimum Gasteiger partial charge on any atom is -0.450 e. The minimum absolute atomic E-state index is 0.467. The third-order valence-corrected chi connectivity index (χ3v) is 5.66. The van der Waals surface area contributed by atoms with Gasteiger partial charge in [0.2, 0.25) is 0 Å². The zero-order valence-electron chi connectivity index (χ0n) is 16.7. The summed E-state index contributed by atoms with van der Waals surface area (Å²) in [6, 6.07) is 11.3. The quantitative estimate of drug-likeness (QED) is 0.484. The molecular formula is C21H20BN3O4. The van der Waals surface area contributed by atoms with E-state index in [2.05, 4.69) is 15.0 Å².